The van der Waals surface area contributed by atoms with Crippen molar-refractivity contribution in [3.63, 3.8) is 0 Å². The van der Waals surface area contributed by atoms with Crippen LogP contribution in [0.3, 0.4) is 0 Å². The molecule has 1 nitrogen and oxygen atoms in total. The molecule has 0 unspecified atom stereocenters. The Bertz CT molecular complexity index is 224. The monoisotopic (exact) mass is 136 g/mol. The highest BCUT2D eigenvalue weighted by molar-refractivity contribution is 5.54. The Balaban J connectivity index is 3.10. The maximum atomic E-state index is 5.20. The number of hydrogen-bond acceptors (Lipinski definition) is 1. The summed E-state index contributed by atoms with van der Waals surface area (Å²) in [6.45, 7) is 6.03. The summed E-state index contributed by atoms with van der Waals surface area (Å²) in [5.41, 5.74) is 2.41. The van der Waals surface area contributed by atoms with Crippen LogP contribution < -0.4 is 0 Å². The van der Waals surface area contributed by atoms with Crippen LogP contribution in [0, 0.1) is 13.8 Å². The second-order valence-corrected chi connectivity index (χ2v) is 2.39. The maximum absolute atomic E-state index is 5.20. The van der Waals surface area contributed by atoms with Crippen LogP contribution in [0.2, 0.25) is 0 Å². The lowest BCUT2D eigenvalue weighted by molar-refractivity contribution is 0.532. The molecule has 0 saturated heterocycles. The fourth-order valence-corrected chi connectivity index (χ4v) is 0.997. The van der Waals surface area contributed by atoms with E-state index in [0.717, 1.165) is 5.76 Å². The topological polar surface area (TPSA) is 13.1 Å². The van der Waals surface area contributed by atoms with Crippen LogP contribution in [0.25, 0.3) is 6.08 Å². The minimum Gasteiger partial charge on any atom is -0.469 e. The molecule has 0 bridgehead atoms. The van der Waals surface area contributed by atoms with Gasteiger partial charge in [-0.15, -0.1) is 0 Å². The molecule has 0 spiro atoms. The molecule has 0 atom stereocenters. The quantitative estimate of drug-likeness (QED) is 0.578. The summed E-state index contributed by atoms with van der Waals surface area (Å²) in [7, 11) is 0. The van der Waals surface area contributed by atoms with Crippen LogP contribution in [0.4, 0.5) is 0 Å². The van der Waals surface area contributed by atoms with E-state index in [1.54, 1.807) is 6.26 Å². The number of allylic oxidation sites excluding steroid dienone is 1. The summed E-state index contributed by atoms with van der Waals surface area (Å²) in [4.78, 5) is 0. The SMILES string of the molecule is C/C=C\c1c(C)coc1C. The molecule has 1 heterocycles. The van der Waals surface area contributed by atoms with E-state index in [2.05, 4.69) is 6.08 Å². The zero-order chi connectivity index (χ0) is 7.56. The van der Waals surface area contributed by atoms with Crippen molar-refractivity contribution in [3.05, 3.63) is 29.2 Å². The van der Waals surface area contributed by atoms with Crippen molar-refractivity contribution in [3.8, 4) is 0 Å². The van der Waals surface area contributed by atoms with Gasteiger partial charge in [-0.3, -0.25) is 0 Å². The molecule has 0 aliphatic rings. The zero-order valence-electron chi connectivity index (χ0n) is 6.64. The molecule has 0 fully saturated rings. The first-order valence-corrected chi connectivity index (χ1v) is 3.43. The normalized spacial score (nSPS) is 11.1. The number of rotatable bonds is 1. The minimum absolute atomic E-state index is 0.996. The number of furan rings is 1. The molecule has 0 radical (unpaired) electrons. The molecular formula is C9H12O. The van der Waals surface area contributed by atoms with Crippen LogP contribution in [0.15, 0.2) is 16.8 Å². The van der Waals surface area contributed by atoms with Crippen LogP contribution in [0.5, 0.6) is 0 Å². The summed E-state index contributed by atoms with van der Waals surface area (Å²) in [5, 5.41) is 0. The summed E-state index contributed by atoms with van der Waals surface area (Å²) in [5.74, 6) is 0.996. The molecule has 54 valence electrons. The zero-order valence-corrected chi connectivity index (χ0v) is 6.64. The molecule has 1 heteroatoms. The Morgan fingerprint density at radius 3 is 2.50 bits per heavy atom. The molecule has 1 rings (SSSR count). The summed E-state index contributed by atoms with van der Waals surface area (Å²) < 4.78 is 5.20. The third-order valence-electron chi connectivity index (χ3n) is 1.55. The van der Waals surface area contributed by atoms with E-state index < -0.39 is 0 Å². The molecule has 0 aliphatic heterocycles. The van der Waals surface area contributed by atoms with Gasteiger partial charge >= 0.3 is 0 Å². The first-order chi connectivity index (χ1) is 4.75. The van der Waals surface area contributed by atoms with Crippen LogP contribution >= 0.6 is 0 Å². The van der Waals surface area contributed by atoms with Crippen LogP contribution in [-0.2, 0) is 0 Å². The lowest BCUT2D eigenvalue weighted by Gasteiger charge is -1.88. The van der Waals surface area contributed by atoms with Crippen molar-refractivity contribution in [2.45, 2.75) is 20.8 Å². The van der Waals surface area contributed by atoms with Crippen molar-refractivity contribution in [1.82, 2.24) is 0 Å². The average Bonchev–Trinajstić information content (AvgIpc) is 2.20. The molecule has 0 N–H and O–H groups in total. The van der Waals surface area contributed by atoms with E-state index in [-0.39, 0.29) is 0 Å². The smallest absolute Gasteiger partial charge is 0.108 e. The summed E-state index contributed by atoms with van der Waals surface area (Å²) >= 11 is 0. The van der Waals surface area contributed by atoms with E-state index >= 15 is 0 Å². The van der Waals surface area contributed by atoms with Gasteiger partial charge in [0.1, 0.15) is 5.76 Å². The van der Waals surface area contributed by atoms with Gasteiger partial charge in [-0.2, -0.15) is 0 Å². The van der Waals surface area contributed by atoms with Crippen molar-refractivity contribution in [2.75, 3.05) is 0 Å². The van der Waals surface area contributed by atoms with Crippen LogP contribution in [-0.4, -0.2) is 0 Å². The van der Waals surface area contributed by atoms with Crippen molar-refractivity contribution in [1.29, 1.82) is 0 Å². The van der Waals surface area contributed by atoms with Gasteiger partial charge in [0.25, 0.3) is 0 Å². The van der Waals surface area contributed by atoms with E-state index in [0.29, 0.717) is 0 Å². The Hall–Kier alpha value is -0.980. The van der Waals surface area contributed by atoms with Gasteiger partial charge in [0.05, 0.1) is 6.26 Å². The lowest BCUT2D eigenvalue weighted by atomic mass is 10.1. The largest absolute Gasteiger partial charge is 0.469 e. The Morgan fingerprint density at radius 2 is 2.10 bits per heavy atom. The first-order valence-electron chi connectivity index (χ1n) is 3.43. The number of aryl methyl sites for hydroxylation is 2. The predicted octanol–water partition coefficient (Wildman–Crippen LogP) is 2.93. The molecule has 1 aromatic heterocycles. The highest BCUT2D eigenvalue weighted by Crippen LogP contribution is 2.16. The highest BCUT2D eigenvalue weighted by atomic mass is 16.3. The molecule has 1 aromatic rings. The second-order valence-electron chi connectivity index (χ2n) is 2.39. The van der Waals surface area contributed by atoms with Gasteiger partial charge in [0.2, 0.25) is 0 Å². The van der Waals surface area contributed by atoms with Crippen molar-refractivity contribution >= 4 is 6.08 Å². The molecule has 0 saturated carbocycles. The lowest BCUT2D eigenvalue weighted by Crippen LogP contribution is -1.73. The average molecular weight is 136 g/mol. The second kappa shape index (κ2) is 2.74. The fourth-order valence-electron chi connectivity index (χ4n) is 0.997. The van der Waals surface area contributed by atoms with Gasteiger partial charge in [-0.1, -0.05) is 12.2 Å². The third-order valence-corrected chi connectivity index (χ3v) is 1.55. The van der Waals surface area contributed by atoms with E-state index in [1.165, 1.54) is 11.1 Å². The maximum Gasteiger partial charge on any atom is 0.108 e. The Morgan fingerprint density at radius 1 is 1.40 bits per heavy atom. The summed E-state index contributed by atoms with van der Waals surface area (Å²) in [6, 6.07) is 0. The molecule has 0 aromatic carbocycles. The van der Waals surface area contributed by atoms with E-state index in [4.69, 9.17) is 4.42 Å². The van der Waals surface area contributed by atoms with Crippen LogP contribution in [0.1, 0.15) is 23.8 Å². The number of hydrogen-bond donors (Lipinski definition) is 0. The molecular weight excluding hydrogens is 124 g/mol. The van der Waals surface area contributed by atoms with Gasteiger partial charge < -0.3 is 4.42 Å². The highest BCUT2D eigenvalue weighted by Gasteiger charge is 2.00. The van der Waals surface area contributed by atoms with Gasteiger partial charge in [0.15, 0.2) is 0 Å². The standard InChI is InChI=1S/C9H12O/c1-4-5-9-7(2)6-10-8(9)3/h4-6H,1-3H3/b5-4-. The van der Waals surface area contributed by atoms with Crippen molar-refractivity contribution < 1.29 is 4.42 Å². The van der Waals surface area contributed by atoms with E-state index in [9.17, 15) is 0 Å². The minimum atomic E-state index is 0.996. The van der Waals surface area contributed by atoms with Gasteiger partial charge in [-0.05, 0) is 26.3 Å². The van der Waals surface area contributed by atoms with Gasteiger partial charge in [0, 0.05) is 5.56 Å². The molecule has 0 aliphatic carbocycles. The summed E-state index contributed by atoms with van der Waals surface area (Å²) in [6.07, 6.45) is 5.86. The molecule has 0 amide bonds. The predicted molar refractivity (Wildman–Crippen MR) is 42.9 cm³/mol. The Kier molecular flexibility index (Phi) is 1.95. The Labute approximate surface area is 61.4 Å². The fraction of sp³-hybridized carbons (Fsp3) is 0.333. The molecule has 10 heavy (non-hydrogen) atoms. The first kappa shape index (κ1) is 7.13. The van der Waals surface area contributed by atoms with Gasteiger partial charge in [-0.25, -0.2) is 0 Å². The van der Waals surface area contributed by atoms with E-state index in [1.807, 2.05) is 26.8 Å². The van der Waals surface area contributed by atoms with Crippen molar-refractivity contribution in [2.24, 2.45) is 0 Å². The third kappa shape index (κ3) is 1.13.